The molecule has 0 aromatic heterocycles. The molecule has 0 heterocycles. The zero-order chi connectivity index (χ0) is 19.3. The van der Waals surface area contributed by atoms with Gasteiger partial charge in [-0.05, 0) is 48.7 Å². The van der Waals surface area contributed by atoms with Crippen molar-refractivity contribution in [1.82, 2.24) is 9.62 Å². The highest BCUT2D eigenvalue weighted by Gasteiger charge is 2.16. The van der Waals surface area contributed by atoms with E-state index in [2.05, 4.69) is 21.2 Å². The van der Waals surface area contributed by atoms with E-state index >= 15 is 0 Å². The first-order valence-corrected chi connectivity index (χ1v) is 10.5. The van der Waals surface area contributed by atoms with Crippen LogP contribution in [0.1, 0.15) is 30.5 Å². The largest absolute Gasteiger partial charge is 0.350 e. The first kappa shape index (κ1) is 20.6. The Balaban J connectivity index is 1.90. The first-order chi connectivity index (χ1) is 12.2. The van der Waals surface area contributed by atoms with E-state index in [1.165, 1.54) is 18.4 Å². The third-order valence-electron chi connectivity index (χ3n) is 4.09. The van der Waals surface area contributed by atoms with Crippen LogP contribution in [-0.2, 0) is 21.2 Å². The van der Waals surface area contributed by atoms with Gasteiger partial charge in [0.1, 0.15) is 0 Å². The number of benzene rings is 2. The lowest BCUT2D eigenvalue weighted by Crippen LogP contribution is -2.26. The van der Waals surface area contributed by atoms with E-state index in [0.29, 0.717) is 12.8 Å². The molecule has 2 aromatic rings. The minimum absolute atomic E-state index is 0.0367. The molecule has 0 aliphatic rings. The summed E-state index contributed by atoms with van der Waals surface area (Å²) in [5.41, 5.74) is 1.97. The summed E-state index contributed by atoms with van der Waals surface area (Å²) in [5, 5.41) is 2.98. The summed E-state index contributed by atoms with van der Waals surface area (Å²) in [5.74, 6) is -0.0367. The molecular formula is C19H23BrN2O3S. The van der Waals surface area contributed by atoms with Crippen molar-refractivity contribution in [1.29, 1.82) is 0 Å². The maximum Gasteiger partial charge on any atom is 0.242 e. The Morgan fingerprint density at radius 1 is 1.08 bits per heavy atom. The van der Waals surface area contributed by atoms with E-state index in [-0.39, 0.29) is 16.8 Å². The Labute approximate surface area is 163 Å². The number of hydrogen-bond donors (Lipinski definition) is 1. The van der Waals surface area contributed by atoms with Crippen molar-refractivity contribution in [2.45, 2.75) is 30.7 Å². The molecular weight excluding hydrogens is 416 g/mol. The van der Waals surface area contributed by atoms with Crippen LogP contribution in [0.3, 0.4) is 0 Å². The van der Waals surface area contributed by atoms with E-state index in [1.807, 2.05) is 31.2 Å². The molecule has 0 spiro atoms. The molecule has 0 unspecified atom stereocenters. The fourth-order valence-electron chi connectivity index (χ4n) is 2.45. The molecule has 0 radical (unpaired) electrons. The van der Waals surface area contributed by atoms with Crippen molar-refractivity contribution >= 4 is 31.9 Å². The van der Waals surface area contributed by atoms with Crippen LogP contribution in [0.15, 0.2) is 57.9 Å². The van der Waals surface area contributed by atoms with Gasteiger partial charge < -0.3 is 5.32 Å². The normalized spacial score (nSPS) is 12.8. The molecule has 0 aliphatic heterocycles. The standard InChI is InChI=1S/C19H23BrN2O3S/c1-14(16-7-9-17(20)10-8-16)21-19(23)13-6-15-4-11-18(12-5-15)26(24,25)22(2)3/h4-5,7-12,14H,6,13H2,1-3H3,(H,21,23)/t14-/m0/s1. The molecule has 1 atom stereocenters. The highest BCUT2D eigenvalue weighted by atomic mass is 79.9. The van der Waals surface area contributed by atoms with E-state index in [0.717, 1.165) is 15.6 Å². The topological polar surface area (TPSA) is 66.5 Å². The monoisotopic (exact) mass is 438 g/mol. The van der Waals surface area contributed by atoms with Crippen molar-refractivity contribution < 1.29 is 13.2 Å². The number of halogens is 1. The Kier molecular flexibility index (Phi) is 6.97. The smallest absolute Gasteiger partial charge is 0.242 e. The number of nitrogens with zero attached hydrogens (tertiary/aromatic N) is 1. The van der Waals surface area contributed by atoms with Gasteiger partial charge in [0.2, 0.25) is 15.9 Å². The molecule has 1 N–H and O–H groups in total. The second kappa shape index (κ2) is 8.79. The number of nitrogens with one attached hydrogen (secondary N) is 1. The third kappa shape index (κ3) is 5.40. The first-order valence-electron chi connectivity index (χ1n) is 8.26. The van der Waals surface area contributed by atoms with Crippen LogP contribution in [0, 0.1) is 0 Å². The molecule has 0 saturated carbocycles. The van der Waals surface area contributed by atoms with Gasteiger partial charge in [0.15, 0.2) is 0 Å². The maximum absolute atomic E-state index is 12.2. The van der Waals surface area contributed by atoms with E-state index < -0.39 is 10.0 Å². The summed E-state index contributed by atoms with van der Waals surface area (Å²) < 4.78 is 26.3. The summed E-state index contributed by atoms with van der Waals surface area (Å²) in [7, 11) is -0.424. The van der Waals surface area contributed by atoms with Crippen molar-refractivity contribution in [3.8, 4) is 0 Å². The van der Waals surface area contributed by atoms with Crippen LogP contribution in [0.2, 0.25) is 0 Å². The SMILES string of the molecule is C[C@H](NC(=O)CCc1ccc(S(=O)(=O)N(C)C)cc1)c1ccc(Br)cc1. The summed E-state index contributed by atoms with van der Waals surface area (Å²) in [6.07, 6.45) is 0.905. The highest BCUT2D eigenvalue weighted by molar-refractivity contribution is 9.10. The fraction of sp³-hybridized carbons (Fsp3) is 0.316. The Bertz CT molecular complexity index is 847. The second-order valence-electron chi connectivity index (χ2n) is 6.27. The van der Waals surface area contributed by atoms with Crippen LogP contribution in [-0.4, -0.2) is 32.7 Å². The minimum Gasteiger partial charge on any atom is -0.350 e. The molecule has 0 saturated heterocycles. The second-order valence-corrected chi connectivity index (χ2v) is 9.34. The van der Waals surface area contributed by atoms with Gasteiger partial charge in [0, 0.05) is 25.0 Å². The third-order valence-corrected chi connectivity index (χ3v) is 6.45. The molecule has 2 rings (SSSR count). The number of carbonyl (C=O) groups excluding carboxylic acids is 1. The van der Waals surface area contributed by atoms with E-state index in [1.54, 1.807) is 24.3 Å². The number of hydrogen-bond acceptors (Lipinski definition) is 3. The average Bonchev–Trinajstić information content (AvgIpc) is 2.60. The number of aryl methyl sites for hydroxylation is 1. The van der Waals surface area contributed by atoms with Gasteiger partial charge in [-0.3, -0.25) is 4.79 Å². The summed E-state index contributed by atoms with van der Waals surface area (Å²) in [6, 6.07) is 14.4. The van der Waals surface area contributed by atoms with Crippen molar-refractivity contribution in [2.75, 3.05) is 14.1 Å². The maximum atomic E-state index is 12.2. The Morgan fingerprint density at radius 2 is 1.65 bits per heavy atom. The Morgan fingerprint density at radius 3 is 2.19 bits per heavy atom. The lowest BCUT2D eigenvalue weighted by Gasteiger charge is -2.15. The van der Waals surface area contributed by atoms with Crippen LogP contribution >= 0.6 is 15.9 Å². The predicted molar refractivity (Wildman–Crippen MR) is 106 cm³/mol. The highest BCUT2D eigenvalue weighted by Crippen LogP contribution is 2.17. The van der Waals surface area contributed by atoms with Crippen molar-refractivity contribution in [2.24, 2.45) is 0 Å². The van der Waals surface area contributed by atoms with Crippen molar-refractivity contribution in [3.05, 3.63) is 64.1 Å². The molecule has 140 valence electrons. The molecule has 7 heteroatoms. The summed E-state index contributed by atoms with van der Waals surface area (Å²) in [6.45, 7) is 1.95. The van der Waals surface area contributed by atoms with Gasteiger partial charge in [-0.15, -0.1) is 0 Å². The number of carbonyl (C=O) groups is 1. The predicted octanol–water partition coefficient (Wildman–Crippen LogP) is 3.51. The van der Waals surface area contributed by atoms with E-state index in [9.17, 15) is 13.2 Å². The molecule has 0 fully saturated rings. The zero-order valence-electron chi connectivity index (χ0n) is 15.1. The quantitative estimate of drug-likeness (QED) is 0.718. The zero-order valence-corrected chi connectivity index (χ0v) is 17.5. The molecule has 2 aromatic carbocycles. The molecule has 0 bridgehead atoms. The fourth-order valence-corrected chi connectivity index (χ4v) is 3.61. The molecule has 26 heavy (non-hydrogen) atoms. The van der Waals surface area contributed by atoms with Crippen LogP contribution in [0.4, 0.5) is 0 Å². The number of rotatable bonds is 7. The minimum atomic E-state index is -3.42. The van der Waals surface area contributed by atoms with Gasteiger partial charge >= 0.3 is 0 Å². The van der Waals surface area contributed by atoms with Crippen molar-refractivity contribution in [3.63, 3.8) is 0 Å². The van der Waals surface area contributed by atoms with Gasteiger partial charge in [-0.25, -0.2) is 12.7 Å². The van der Waals surface area contributed by atoms with E-state index in [4.69, 9.17) is 0 Å². The number of amides is 1. The number of sulfonamides is 1. The summed E-state index contributed by atoms with van der Waals surface area (Å²) in [4.78, 5) is 12.4. The lowest BCUT2D eigenvalue weighted by atomic mass is 10.1. The van der Waals surface area contributed by atoms with Crippen LogP contribution in [0.5, 0.6) is 0 Å². The lowest BCUT2D eigenvalue weighted by molar-refractivity contribution is -0.121. The van der Waals surface area contributed by atoms with Gasteiger partial charge in [-0.2, -0.15) is 0 Å². The molecule has 1 amide bonds. The molecule has 5 nitrogen and oxygen atoms in total. The van der Waals surface area contributed by atoms with Crippen LogP contribution in [0.25, 0.3) is 0 Å². The molecule has 0 aliphatic carbocycles. The van der Waals surface area contributed by atoms with Gasteiger partial charge in [0.05, 0.1) is 10.9 Å². The van der Waals surface area contributed by atoms with Gasteiger partial charge in [-0.1, -0.05) is 40.2 Å². The Hall–Kier alpha value is -1.70. The van der Waals surface area contributed by atoms with Gasteiger partial charge in [0.25, 0.3) is 0 Å². The van der Waals surface area contributed by atoms with Crippen LogP contribution < -0.4 is 5.32 Å². The average molecular weight is 439 g/mol. The summed E-state index contributed by atoms with van der Waals surface area (Å²) >= 11 is 3.39.